The Bertz CT molecular complexity index is 4000. The number of rotatable bonds is 3. The predicted molar refractivity (Wildman–Crippen MR) is 308 cm³/mol. The Morgan fingerprint density at radius 3 is 1.97 bits per heavy atom. The molecule has 3 aliphatic heterocycles. The number of ether oxygens (including phenoxy) is 1. The van der Waals surface area contributed by atoms with E-state index in [0.717, 1.165) is 63.2 Å². The molecule has 1 aliphatic carbocycles. The van der Waals surface area contributed by atoms with Crippen molar-refractivity contribution in [3.63, 3.8) is 0 Å². The highest BCUT2D eigenvalue weighted by Gasteiger charge is 2.49. The van der Waals surface area contributed by atoms with Crippen LogP contribution < -0.4 is 25.4 Å². The highest BCUT2D eigenvalue weighted by molar-refractivity contribution is 6.94. The van der Waals surface area contributed by atoms with Crippen LogP contribution in [-0.2, 0) is 21.7 Å². The van der Waals surface area contributed by atoms with Crippen LogP contribution in [0, 0.1) is 6.92 Å². The zero-order valence-electron chi connectivity index (χ0n) is 43.8. The van der Waals surface area contributed by atoms with Crippen LogP contribution in [0.1, 0.15) is 109 Å². The van der Waals surface area contributed by atoms with Crippen LogP contribution in [0.15, 0.2) is 168 Å². The molecule has 10 aromatic rings. The molecule has 4 heterocycles. The molecular weight excluding hydrogens is 888 g/mol. The smallest absolute Gasteiger partial charge is 0.333 e. The molecule has 9 aromatic carbocycles. The number of hydrogen-bond donors (Lipinski definition) is 0. The largest absolute Gasteiger partial charge is 0.457 e. The second kappa shape index (κ2) is 15.0. The Hall–Kier alpha value is -7.50. The number of benzene rings is 9. The molecule has 0 bridgehead atoms. The Balaban J connectivity index is 1.17. The van der Waals surface area contributed by atoms with Crippen molar-refractivity contribution in [1.82, 2.24) is 0 Å². The van der Waals surface area contributed by atoms with Crippen molar-refractivity contribution in [2.45, 2.75) is 104 Å². The lowest BCUT2D eigenvalue weighted by molar-refractivity contribution is 0.332. The summed E-state index contributed by atoms with van der Waals surface area (Å²) in [6, 6.07) is 61.8. The Morgan fingerprint density at radius 2 is 1.19 bits per heavy atom. The van der Waals surface area contributed by atoms with Crippen LogP contribution in [-0.4, -0.2) is 6.85 Å². The summed E-state index contributed by atoms with van der Waals surface area (Å²) < 4.78 is 14.0. The van der Waals surface area contributed by atoms with Gasteiger partial charge in [0, 0.05) is 66.9 Å². The van der Waals surface area contributed by atoms with Crippen LogP contribution >= 0.6 is 0 Å². The molecule has 1 aromatic heterocycles. The van der Waals surface area contributed by atoms with Gasteiger partial charge >= 0.3 is 6.85 Å². The quantitative estimate of drug-likeness (QED) is 0.165. The van der Waals surface area contributed by atoms with Gasteiger partial charge in [-0.25, -0.2) is 0 Å². The summed E-state index contributed by atoms with van der Waals surface area (Å²) in [7, 11) is 0. The van der Waals surface area contributed by atoms with Crippen LogP contribution in [0.4, 0.5) is 28.4 Å². The molecule has 4 nitrogen and oxygen atoms in total. The van der Waals surface area contributed by atoms with Crippen molar-refractivity contribution in [2.24, 2.45) is 0 Å². The van der Waals surface area contributed by atoms with Crippen molar-refractivity contribution in [1.29, 1.82) is 0 Å². The number of fused-ring (bicyclic) bond motifs is 12. The normalized spacial score (nSPS) is 16.6. The summed E-state index contributed by atoms with van der Waals surface area (Å²) in [6.45, 7) is 23.6. The Labute approximate surface area is 430 Å². The number of aryl methyl sites for hydroxylation is 1. The van der Waals surface area contributed by atoms with E-state index in [1.807, 2.05) is 0 Å². The second-order valence-corrected chi connectivity index (χ2v) is 24.4. The van der Waals surface area contributed by atoms with E-state index in [1.54, 1.807) is 0 Å². The topological polar surface area (TPSA) is 28.9 Å². The first-order chi connectivity index (χ1) is 35.0. The minimum absolute atomic E-state index is 0.00735. The molecule has 14 rings (SSSR count). The molecule has 0 N–H and O–H groups in total. The van der Waals surface area contributed by atoms with Gasteiger partial charge in [-0.15, -0.1) is 0 Å². The molecule has 5 heteroatoms. The van der Waals surface area contributed by atoms with Gasteiger partial charge in [0.2, 0.25) is 0 Å². The van der Waals surface area contributed by atoms with Crippen LogP contribution in [0.5, 0.6) is 11.5 Å². The van der Waals surface area contributed by atoms with Crippen molar-refractivity contribution < 1.29 is 9.15 Å². The number of anilines is 5. The van der Waals surface area contributed by atoms with Gasteiger partial charge in [0.25, 0.3) is 0 Å². The third-order valence-corrected chi connectivity index (χ3v) is 17.6. The lowest BCUT2D eigenvalue weighted by Gasteiger charge is -2.48. The average molecular weight is 949 g/mol. The number of furan rings is 1. The minimum atomic E-state index is -0.341. The van der Waals surface area contributed by atoms with Crippen molar-refractivity contribution in [2.75, 3.05) is 9.71 Å². The second-order valence-electron chi connectivity index (χ2n) is 24.4. The van der Waals surface area contributed by atoms with Gasteiger partial charge in [0.05, 0.1) is 0 Å². The van der Waals surface area contributed by atoms with E-state index in [9.17, 15) is 0 Å². The maximum absolute atomic E-state index is 7.17. The van der Waals surface area contributed by atoms with Gasteiger partial charge in [0.15, 0.2) is 0 Å². The fourth-order valence-electron chi connectivity index (χ4n) is 13.4. The molecule has 0 radical (unpaired) electrons. The minimum Gasteiger partial charge on any atom is -0.457 e. The SMILES string of the molecule is Cc1cc2c(cc1N1c3cc4c(cc3B3c5c1cc1ccccc1c5-c1cc5oc6ccccc6c5cc1N3c1ccc(C(C)(C)C)cc1-c1ccccc1)Oc1ccccc1C4(C)C)C(C)(C)CCC2(C)C. The van der Waals surface area contributed by atoms with Crippen molar-refractivity contribution in [3.05, 3.63) is 197 Å². The highest BCUT2D eigenvalue weighted by Crippen LogP contribution is 2.57. The third-order valence-electron chi connectivity index (χ3n) is 17.6. The molecule has 73 heavy (non-hydrogen) atoms. The first kappa shape index (κ1) is 44.2. The standard InChI is InChI=1S/C68H61BN2O2/c1-40-32-50-51(67(7,8)31-30-66(50,5)6)37-55(40)70-57-38-52-62(73-60-27-19-17-25-49(60)68(52,9)10)39-53(57)69-64-58(70)33-42-22-14-15-23-44(42)63(64)48-36-61-47(45-24-16-18-26-59(45)72-61)35-56(48)71(69)54-29-28-43(65(2,3)4)34-46(54)41-20-12-11-13-21-41/h11-29,32-39H,30-31H2,1-10H3. The molecule has 0 amide bonds. The van der Waals surface area contributed by atoms with E-state index in [4.69, 9.17) is 9.15 Å². The van der Waals surface area contributed by atoms with Crippen LogP contribution in [0.25, 0.3) is 55.0 Å². The number of hydrogen-bond acceptors (Lipinski definition) is 4. The van der Waals surface area contributed by atoms with Gasteiger partial charge in [-0.1, -0.05) is 165 Å². The molecule has 358 valence electrons. The average Bonchev–Trinajstić information content (AvgIpc) is 3.75. The lowest BCUT2D eigenvalue weighted by atomic mass is 9.42. The van der Waals surface area contributed by atoms with Crippen LogP contribution in [0.3, 0.4) is 0 Å². The van der Waals surface area contributed by atoms with Gasteiger partial charge in [-0.2, -0.15) is 0 Å². The molecule has 0 atom stereocenters. The van der Waals surface area contributed by atoms with Crippen molar-refractivity contribution in [3.8, 4) is 33.8 Å². The maximum atomic E-state index is 7.17. The van der Waals surface area contributed by atoms with Crippen LogP contribution in [0.2, 0.25) is 0 Å². The molecule has 4 aliphatic rings. The van der Waals surface area contributed by atoms with E-state index >= 15 is 0 Å². The summed E-state index contributed by atoms with van der Waals surface area (Å²) in [4.78, 5) is 5.35. The lowest BCUT2D eigenvalue weighted by Crippen LogP contribution is -2.62. The maximum Gasteiger partial charge on any atom is 0.333 e. The van der Waals surface area contributed by atoms with E-state index in [-0.39, 0.29) is 28.5 Å². The fourth-order valence-corrected chi connectivity index (χ4v) is 13.4. The van der Waals surface area contributed by atoms with E-state index in [2.05, 4.69) is 243 Å². The number of nitrogens with zero attached hydrogens (tertiary/aromatic N) is 2. The van der Waals surface area contributed by atoms with E-state index in [0.29, 0.717) is 0 Å². The summed E-state index contributed by atoms with van der Waals surface area (Å²) in [5.74, 6) is 1.82. The van der Waals surface area contributed by atoms with E-state index < -0.39 is 0 Å². The molecule has 0 saturated heterocycles. The summed E-state index contributed by atoms with van der Waals surface area (Å²) >= 11 is 0. The molecule has 0 unspecified atom stereocenters. The third kappa shape index (κ3) is 6.33. The van der Waals surface area contributed by atoms with Gasteiger partial charge < -0.3 is 18.9 Å². The highest BCUT2D eigenvalue weighted by atomic mass is 16.5. The van der Waals surface area contributed by atoms with E-state index in [1.165, 1.54) is 88.8 Å². The summed E-state index contributed by atoms with van der Waals surface area (Å²) in [5.41, 5.74) is 22.5. The predicted octanol–water partition coefficient (Wildman–Crippen LogP) is 17.5. The van der Waals surface area contributed by atoms with Crippen molar-refractivity contribution >= 4 is 78.9 Å². The zero-order valence-corrected chi connectivity index (χ0v) is 43.8. The first-order valence-electron chi connectivity index (χ1n) is 26.4. The van der Waals surface area contributed by atoms with Gasteiger partial charge in [0.1, 0.15) is 22.7 Å². The first-order valence-corrected chi connectivity index (χ1v) is 26.4. The van der Waals surface area contributed by atoms with Gasteiger partial charge in [-0.05, 0) is 152 Å². The monoisotopic (exact) mass is 948 g/mol. The Morgan fingerprint density at radius 1 is 0.507 bits per heavy atom. The molecular formula is C68H61BN2O2. The zero-order chi connectivity index (χ0) is 50.1. The fraction of sp³-hybridized carbons (Fsp3) is 0.235. The number of para-hydroxylation sites is 2. The molecule has 0 fully saturated rings. The van der Waals surface area contributed by atoms with Gasteiger partial charge in [-0.3, -0.25) is 0 Å². The summed E-state index contributed by atoms with van der Waals surface area (Å²) in [6.07, 6.45) is 2.30. The molecule has 0 spiro atoms. The Kier molecular flexibility index (Phi) is 9.11. The summed E-state index contributed by atoms with van der Waals surface area (Å²) in [5, 5.41) is 4.66. The molecule has 0 saturated carbocycles.